The highest BCUT2D eigenvalue weighted by Crippen LogP contribution is 2.25. The van der Waals surface area contributed by atoms with Gasteiger partial charge in [0.2, 0.25) is 0 Å². The lowest BCUT2D eigenvalue weighted by atomic mass is 10.0. The smallest absolute Gasteiger partial charge is 0.170 e. The summed E-state index contributed by atoms with van der Waals surface area (Å²) in [7, 11) is 0. The minimum Gasteiger partial charge on any atom is -0.248 e. The van der Waals surface area contributed by atoms with E-state index >= 15 is 0 Å². The number of nitrogens with zero attached hydrogens (tertiary/aromatic N) is 2. The zero-order chi connectivity index (χ0) is 22.5. The van der Waals surface area contributed by atoms with E-state index in [2.05, 4.69) is 23.0 Å². The van der Waals surface area contributed by atoms with Gasteiger partial charge in [-0.25, -0.2) is 23.1 Å². The zero-order valence-electron chi connectivity index (χ0n) is 18.8. The first-order chi connectivity index (χ1) is 15.0. The monoisotopic (exact) mass is 432 g/mol. The van der Waals surface area contributed by atoms with E-state index in [-0.39, 0.29) is 11.4 Å². The van der Waals surface area contributed by atoms with Crippen LogP contribution in [0.3, 0.4) is 0 Å². The first kappa shape index (κ1) is 25.1. The Labute approximate surface area is 185 Å². The number of allylic oxidation sites excluding steroid dienone is 1. The summed E-state index contributed by atoms with van der Waals surface area (Å²) in [5.41, 5.74) is 1.25. The van der Waals surface area contributed by atoms with Gasteiger partial charge in [-0.3, -0.25) is 0 Å². The van der Waals surface area contributed by atoms with E-state index in [1.807, 2.05) is 6.08 Å². The Morgan fingerprint density at radius 3 is 2.32 bits per heavy atom. The summed E-state index contributed by atoms with van der Waals surface area (Å²) >= 11 is 0. The van der Waals surface area contributed by atoms with Crippen molar-refractivity contribution in [3.05, 3.63) is 53.4 Å². The summed E-state index contributed by atoms with van der Waals surface area (Å²) in [5.74, 6) is -1.58. The molecular weight excluding hydrogens is 397 g/mol. The van der Waals surface area contributed by atoms with E-state index in [9.17, 15) is 13.2 Å². The van der Waals surface area contributed by atoms with Crippen molar-refractivity contribution in [3.63, 3.8) is 0 Å². The minimum absolute atomic E-state index is 0.0685. The molecule has 0 amide bonds. The highest BCUT2D eigenvalue weighted by atomic mass is 19.2. The average molecular weight is 433 g/mol. The molecule has 0 fully saturated rings. The van der Waals surface area contributed by atoms with Gasteiger partial charge in [-0.05, 0) is 50.7 Å². The van der Waals surface area contributed by atoms with Crippen LogP contribution in [-0.2, 0) is 6.42 Å². The number of aryl methyl sites for hydroxylation is 1. The van der Waals surface area contributed by atoms with Crippen LogP contribution in [0.2, 0.25) is 0 Å². The summed E-state index contributed by atoms with van der Waals surface area (Å²) < 4.78 is 41.9. The third-order valence-electron chi connectivity index (χ3n) is 5.41. The average Bonchev–Trinajstić information content (AvgIpc) is 2.76. The molecule has 5 heteroatoms. The van der Waals surface area contributed by atoms with E-state index in [0.717, 1.165) is 24.8 Å². The Morgan fingerprint density at radius 1 is 0.903 bits per heavy atom. The van der Waals surface area contributed by atoms with Crippen LogP contribution in [0, 0.1) is 11.6 Å². The molecule has 0 aliphatic carbocycles. The first-order valence-corrected chi connectivity index (χ1v) is 11.6. The van der Waals surface area contributed by atoms with Gasteiger partial charge in [0, 0.05) is 18.0 Å². The summed E-state index contributed by atoms with van der Waals surface area (Å²) in [4.78, 5) is 8.44. The molecule has 0 aliphatic heterocycles. The lowest BCUT2D eigenvalue weighted by Gasteiger charge is -2.08. The van der Waals surface area contributed by atoms with Gasteiger partial charge in [-0.2, -0.15) is 0 Å². The SMILES string of the molecule is CCCCCCC/C=C/c1cnc(-c2ccc(CCCCCC(C)F)c(F)c2F)nc1. The second-order valence-corrected chi connectivity index (χ2v) is 8.23. The third-order valence-corrected chi connectivity index (χ3v) is 5.41. The molecule has 1 aromatic carbocycles. The van der Waals surface area contributed by atoms with Gasteiger partial charge in [0.15, 0.2) is 17.5 Å². The molecular formula is C26H35F3N2. The summed E-state index contributed by atoms with van der Waals surface area (Å²) in [6.45, 7) is 3.74. The maximum Gasteiger partial charge on any atom is 0.170 e. The lowest BCUT2D eigenvalue weighted by Crippen LogP contribution is -2.00. The molecule has 2 aromatic rings. The van der Waals surface area contributed by atoms with Crippen LogP contribution < -0.4 is 0 Å². The van der Waals surface area contributed by atoms with E-state index in [4.69, 9.17) is 0 Å². The number of halogens is 3. The second kappa shape index (κ2) is 14.0. The number of hydrogen-bond acceptors (Lipinski definition) is 2. The summed E-state index contributed by atoms with van der Waals surface area (Å²) in [5, 5.41) is 0. The van der Waals surface area contributed by atoms with Crippen LogP contribution in [0.15, 0.2) is 30.6 Å². The maximum atomic E-state index is 14.6. The van der Waals surface area contributed by atoms with E-state index in [0.29, 0.717) is 24.8 Å². The number of benzene rings is 1. The fourth-order valence-corrected chi connectivity index (χ4v) is 3.52. The highest BCUT2D eigenvalue weighted by Gasteiger charge is 2.16. The van der Waals surface area contributed by atoms with Gasteiger partial charge >= 0.3 is 0 Å². The Bertz CT molecular complexity index is 801. The van der Waals surface area contributed by atoms with Gasteiger partial charge in [0.25, 0.3) is 0 Å². The largest absolute Gasteiger partial charge is 0.248 e. The van der Waals surface area contributed by atoms with Crippen molar-refractivity contribution in [1.29, 1.82) is 0 Å². The molecule has 0 aliphatic rings. The molecule has 1 heterocycles. The number of aromatic nitrogens is 2. The van der Waals surface area contributed by atoms with E-state index in [1.165, 1.54) is 39.0 Å². The number of alkyl halides is 1. The molecule has 0 radical (unpaired) electrons. The molecule has 2 rings (SSSR count). The summed E-state index contributed by atoms with van der Waals surface area (Å²) in [6.07, 6.45) is 17.0. The van der Waals surface area contributed by atoms with Gasteiger partial charge in [-0.1, -0.05) is 63.7 Å². The van der Waals surface area contributed by atoms with Crippen LogP contribution in [0.4, 0.5) is 13.2 Å². The van der Waals surface area contributed by atoms with Crippen molar-refractivity contribution in [1.82, 2.24) is 9.97 Å². The van der Waals surface area contributed by atoms with Crippen molar-refractivity contribution in [2.75, 3.05) is 0 Å². The standard InChI is InChI=1S/C26H35F3N2/c1-3-4-5-6-7-8-11-14-21-18-30-26(31-19-21)23-17-16-22(24(28)25(23)29)15-12-9-10-13-20(2)27/h11,14,16-20H,3-10,12-13,15H2,1-2H3/b14-11+. The molecule has 170 valence electrons. The number of rotatable bonds is 14. The molecule has 0 N–H and O–H groups in total. The normalized spacial score (nSPS) is 12.5. The Hall–Kier alpha value is -2.17. The number of unbranched alkanes of at least 4 members (excludes halogenated alkanes) is 7. The Kier molecular flexibility index (Phi) is 11.3. The van der Waals surface area contributed by atoms with Gasteiger partial charge in [0.05, 0.1) is 11.7 Å². The fourth-order valence-electron chi connectivity index (χ4n) is 3.52. The molecule has 0 saturated heterocycles. The van der Waals surface area contributed by atoms with E-state index < -0.39 is 17.8 Å². The maximum absolute atomic E-state index is 14.6. The quantitative estimate of drug-likeness (QED) is 0.281. The Balaban J connectivity index is 1.90. The molecule has 1 aromatic heterocycles. The fraction of sp³-hybridized carbons (Fsp3) is 0.538. The molecule has 2 nitrogen and oxygen atoms in total. The van der Waals surface area contributed by atoms with Crippen molar-refractivity contribution in [2.45, 2.75) is 90.6 Å². The first-order valence-electron chi connectivity index (χ1n) is 11.6. The minimum atomic E-state index is -0.912. The van der Waals surface area contributed by atoms with Crippen LogP contribution in [0.5, 0.6) is 0 Å². The second-order valence-electron chi connectivity index (χ2n) is 8.23. The van der Waals surface area contributed by atoms with Crippen molar-refractivity contribution in [2.24, 2.45) is 0 Å². The molecule has 0 saturated carbocycles. The van der Waals surface area contributed by atoms with Gasteiger partial charge in [-0.15, -0.1) is 0 Å². The molecule has 0 spiro atoms. The number of hydrogen-bond donors (Lipinski definition) is 0. The topological polar surface area (TPSA) is 25.8 Å². The van der Waals surface area contributed by atoms with Crippen LogP contribution >= 0.6 is 0 Å². The Morgan fingerprint density at radius 2 is 1.61 bits per heavy atom. The van der Waals surface area contributed by atoms with Gasteiger partial charge < -0.3 is 0 Å². The molecule has 1 atom stereocenters. The van der Waals surface area contributed by atoms with Crippen molar-refractivity contribution < 1.29 is 13.2 Å². The molecule has 1 unspecified atom stereocenters. The van der Waals surface area contributed by atoms with Gasteiger partial charge in [0.1, 0.15) is 0 Å². The highest BCUT2D eigenvalue weighted by molar-refractivity contribution is 5.58. The third kappa shape index (κ3) is 8.84. The molecule has 31 heavy (non-hydrogen) atoms. The summed E-state index contributed by atoms with van der Waals surface area (Å²) in [6, 6.07) is 3.14. The zero-order valence-corrected chi connectivity index (χ0v) is 18.8. The lowest BCUT2D eigenvalue weighted by molar-refractivity contribution is 0.330. The van der Waals surface area contributed by atoms with Crippen LogP contribution in [-0.4, -0.2) is 16.1 Å². The molecule has 0 bridgehead atoms. The van der Waals surface area contributed by atoms with Crippen molar-refractivity contribution >= 4 is 6.08 Å². The van der Waals surface area contributed by atoms with Crippen LogP contribution in [0.25, 0.3) is 17.5 Å². The van der Waals surface area contributed by atoms with Crippen molar-refractivity contribution in [3.8, 4) is 11.4 Å². The predicted molar refractivity (Wildman–Crippen MR) is 123 cm³/mol. The predicted octanol–water partition coefficient (Wildman–Crippen LogP) is 8.26. The van der Waals surface area contributed by atoms with E-state index in [1.54, 1.807) is 24.5 Å². The van der Waals surface area contributed by atoms with Crippen LogP contribution in [0.1, 0.15) is 89.2 Å².